The third kappa shape index (κ3) is 40.1. The van der Waals surface area contributed by atoms with E-state index in [0.29, 0.717) is 0 Å². The first-order chi connectivity index (χ1) is 22.8. The molecule has 0 bridgehead atoms. The summed E-state index contributed by atoms with van der Waals surface area (Å²) in [7, 11) is 0. The Labute approximate surface area is 295 Å². The first-order valence-corrected chi connectivity index (χ1v) is 22.6. The number of hydrogen-bond acceptors (Lipinski definition) is 1. The van der Waals surface area contributed by atoms with Crippen molar-refractivity contribution in [3.63, 3.8) is 0 Å². The second kappa shape index (κ2) is 43.0. The Morgan fingerprint density at radius 3 is 0.457 bits per heavy atom. The molecule has 0 N–H and O–H groups in total. The molecule has 1 heteroatoms. The summed E-state index contributed by atoms with van der Waals surface area (Å²) < 4.78 is 0. The van der Waals surface area contributed by atoms with Gasteiger partial charge in [-0.05, 0) is 38.9 Å². The molecule has 0 radical (unpaired) electrons. The van der Waals surface area contributed by atoms with Crippen molar-refractivity contribution in [2.24, 2.45) is 0 Å². The zero-order chi connectivity index (χ0) is 33.3. The van der Waals surface area contributed by atoms with Crippen molar-refractivity contribution >= 4 is 0 Å². The summed E-state index contributed by atoms with van der Waals surface area (Å²) in [5.74, 6) is 0. The fourth-order valence-corrected chi connectivity index (χ4v) is 7.39. The van der Waals surface area contributed by atoms with Crippen LogP contribution in [0.4, 0.5) is 0 Å². The molecule has 0 aliphatic rings. The van der Waals surface area contributed by atoms with E-state index in [0.717, 1.165) is 0 Å². The SMILES string of the molecule is CCCCCCCCCCCCCCCCCN(CCCCCCCCCCCCCC)CCCCCCCCCCCCCC. The van der Waals surface area contributed by atoms with Crippen LogP contribution >= 0.6 is 0 Å². The molecule has 46 heavy (non-hydrogen) atoms. The van der Waals surface area contributed by atoms with Gasteiger partial charge >= 0.3 is 0 Å². The molecule has 0 aliphatic carbocycles. The number of unbranched alkanes of at least 4 members (excludes halogenated alkanes) is 36. The summed E-state index contributed by atoms with van der Waals surface area (Å²) in [5, 5.41) is 0. The summed E-state index contributed by atoms with van der Waals surface area (Å²) in [6, 6.07) is 0. The minimum atomic E-state index is 1.37. The van der Waals surface area contributed by atoms with E-state index in [2.05, 4.69) is 25.7 Å². The molecular weight excluding hydrogens is 555 g/mol. The Bertz CT molecular complexity index is 473. The first kappa shape index (κ1) is 46.0. The monoisotopic (exact) mass is 648 g/mol. The molecule has 0 heterocycles. The predicted octanol–water partition coefficient (Wildman–Crippen LogP) is 16.6. The van der Waals surface area contributed by atoms with Gasteiger partial charge in [0.2, 0.25) is 0 Å². The van der Waals surface area contributed by atoms with E-state index in [1.165, 1.54) is 270 Å². The summed E-state index contributed by atoms with van der Waals surface area (Å²) in [4.78, 5) is 2.87. The average Bonchev–Trinajstić information content (AvgIpc) is 3.07. The van der Waals surface area contributed by atoms with Gasteiger partial charge in [0, 0.05) is 0 Å². The zero-order valence-electron chi connectivity index (χ0n) is 33.1. The number of hydrogen-bond donors (Lipinski definition) is 0. The highest BCUT2D eigenvalue weighted by Crippen LogP contribution is 2.16. The Morgan fingerprint density at radius 2 is 0.304 bits per heavy atom. The number of rotatable bonds is 42. The van der Waals surface area contributed by atoms with Crippen molar-refractivity contribution in [3.8, 4) is 0 Å². The molecule has 0 unspecified atom stereocenters. The van der Waals surface area contributed by atoms with Gasteiger partial charge in [0.1, 0.15) is 0 Å². The maximum absolute atomic E-state index is 2.87. The fraction of sp³-hybridized carbons (Fsp3) is 1.00. The van der Waals surface area contributed by atoms with Gasteiger partial charge < -0.3 is 4.90 Å². The van der Waals surface area contributed by atoms with Crippen molar-refractivity contribution in [2.45, 2.75) is 271 Å². The van der Waals surface area contributed by atoms with Crippen molar-refractivity contribution in [1.29, 1.82) is 0 Å². The lowest BCUT2D eigenvalue weighted by atomic mass is 10.0. The van der Waals surface area contributed by atoms with E-state index in [1.807, 2.05) is 0 Å². The smallest absolute Gasteiger partial charge is 0.00187 e. The summed E-state index contributed by atoms with van der Waals surface area (Å²) in [6.45, 7) is 11.1. The zero-order valence-corrected chi connectivity index (χ0v) is 33.1. The molecule has 0 aliphatic heterocycles. The highest BCUT2D eigenvalue weighted by molar-refractivity contribution is 4.61. The largest absolute Gasteiger partial charge is 0.303 e. The van der Waals surface area contributed by atoms with E-state index in [1.54, 1.807) is 0 Å². The van der Waals surface area contributed by atoms with Gasteiger partial charge in [0.15, 0.2) is 0 Å². The third-order valence-electron chi connectivity index (χ3n) is 10.7. The van der Waals surface area contributed by atoms with E-state index in [-0.39, 0.29) is 0 Å². The molecule has 0 amide bonds. The normalized spacial score (nSPS) is 11.7. The van der Waals surface area contributed by atoms with Crippen LogP contribution in [0, 0.1) is 0 Å². The van der Waals surface area contributed by atoms with Gasteiger partial charge in [-0.15, -0.1) is 0 Å². The maximum atomic E-state index is 2.87. The van der Waals surface area contributed by atoms with Crippen LogP contribution in [0.25, 0.3) is 0 Å². The standard InChI is InChI=1S/C45H93N/c1-4-7-10-13-16-19-22-25-26-27-30-33-36-39-42-45-46(43-40-37-34-31-28-23-20-17-14-11-8-5-2)44-41-38-35-32-29-24-21-18-15-12-9-6-3/h4-45H2,1-3H3. The van der Waals surface area contributed by atoms with Gasteiger partial charge in [-0.2, -0.15) is 0 Å². The average molecular weight is 648 g/mol. The van der Waals surface area contributed by atoms with E-state index < -0.39 is 0 Å². The molecule has 0 fully saturated rings. The highest BCUT2D eigenvalue weighted by Gasteiger charge is 2.05. The van der Waals surface area contributed by atoms with Gasteiger partial charge in [-0.25, -0.2) is 0 Å². The summed E-state index contributed by atoms with van der Waals surface area (Å²) >= 11 is 0. The van der Waals surface area contributed by atoms with Crippen molar-refractivity contribution in [1.82, 2.24) is 4.90 Å². The summed E-state index contributed by atoms with van der Waals surface area (Å²) in [5.41, 5.74) is 0. The van der Waals surface area contributed by atoms with Crippen molar-refractivity contribution in [3.05, 3.63) is 0 Å². The van der Waals surface area contributed by atoms with Gasteiger partial charge in [-0.1, -0.05) is 252 Å². The van der Waals surface area contributed by atoms with E-state index in [9.17, 15) is 0 Å². The van der Waals surface area contributed by atoms with Gasteiger partial charge in [-0.3, -0.25) is 0 Å². The molecule has 278 valence electrons. The molecule has 0 aromatic rings. The molecule has 0 aromatic heterocycles. The molecular formula is C45H93N. The second-order valence-corrected chi connectivity index (χ2v) is 15.6. The first-order valence-electron chi connectivity index (χ1n) is 22.6. The summed E-state index contributed by atoms with van der Waals surface area (Å²) in [6.07, 6.45) is 57.1. The van der Waals surface area contributed by atoms with E-state index >= 15 is 0 Å². The predicted molar refractivity (Wildman–Crippen MR) is 214 cm³/mol. The second-order valence-electron chi connectivity index (χ2n) is 15.6. The lowest BCUT2D eigenvalue weighted by molar-refractivity contribution is 0.254. The number of nitrogens with zero attached hydrogens (tertiary/aromatic N) is 1. The Hall–Kier alpha value is -0.0400. The van der Waals surface area contributed by atoms with Crippen LogP contribution in [0.3, 0.4) is 0 Å². The molecule has 0 saturated heterocycles. The van der Waals surface area contributed by atoms with E-state index in [4.69, 9.17) is 0 Å². The molecule has 0 spiro atoms. The Kier molecular flexibility index (Phi) is 42.9. The van der Waals surface area contributed by atoms with Gasteiger partial charge in [0.05, 0.1) is 0 Å². The van der Waals surface area contributed by atoms with Crippen LogP contribution in [0.15, 0.2) is 0 Å². The maximum Gasteiger partial charge on any atom is -0.00187 e. The molecule has 0 aromatic carbocycles. The van der Waals surface area contributed by atoms with Crippen molar-refractivity contribution < 1.29 is 0 Å². The van der Waals surface area contributed by atoms with Crippen LogP contribution in [0.5, 0.6) is 0 Å². The topological polar surface area (TPSA) is 3.24 Å². The Morgan fingerprint density at radius 1 is 0.174 bits per heavy atom. The van der Waals surface area contributed by atoms with Crippen molar-refractivity contribution in [2.75, 3.05) is 19.6 Å². The van der Waals surface area contributed by atoms with Crippen LogP contribution < -0.4 is 0 Å². The molecule has 1 nitrogen and oxygen atoms in total. The van der Waals surface area contributed by atoms with Crippen LogP contribution in [-0.4, -0.2) is 24.5 Å². The van der Waals surface area contributed by atoms with Crippen LogP contribution in [-0.2, 0) is 0 Å². The molecule has 0 saturated carbocycles. The van der Waals surface area contributed by atoms with Gasteiger partial charge in [0.25, 0.3) is 0 Å². The van der Waals surface area contributed by atoms with Crippen LogP contribution in [0.1, 0.15) is 271 Å². The minimum Gasteiger partial charge on any atom is -0.303 e. The van der Waals surface area contributed by atoms with Crippen LogP contribution in [0.2, 0.25) is 0 Å². The molecule has 0 atom stereocenters. The molecule has 0 rings (SSSR count). The lowest BCUT2D eigenvalue weighted by Gasteiger charge is -2.22. The lowest BCUT2D eigenvalue weighted by Crippen LogP contribution is -2.27. The third-order valence-corrected chi connectivity index (χ3v) is 10.7. The Balaban J connectivity index is 3.90. The quantitative estimate of drug-likeness (QED) is 0.0596. The minimum absolute atomic E-state index is 1.37. The fourth-order valence-electron chi connectivity index (χ4n) is 7.39. The highest BCUT2D eigenvalue weighted by atomic mass is 15.1.